The lowest BCUT2D eigenvalue weighted by Crippen LogP contribution is -2.18. The van der Waals surface area contributed by atoms with Crippen molar-refractivity contribution in [2.24, 2.45) is 0 Å². The summed E-state index contributed by atoms with van der Waals surface area (Å²) < 4.78 is 11.4. The van der Waals surface area contributed by atoms with Crippen LogP contribution in [-0.2, 0) is 19.7 Å². The highest BCUT2D eigenvalue weighted by molar-refractivity contribution is 6.39. The number of rotatable bonds is 15. The van der Waals surface area contributed by atoms with Gasteiger partial charge in [0.25, 0.3) is 5.91 Å². The maximum Gasteiger partial charge on any atom is 0.274 e. The number of hydrogen-bond acceptors (Lipinski definition) is 9. The number of aliphatic hydroxyl groups excluding tert-OH is 2. The molecule has 2 heterocycles. The molecule has 0 unspecified atom stereocenters. The molecule has 0 saturated carbocycles. The lowest BCUT2D eigenvalue weighted by atomic mass is 10.0. The normalized spacial score (nSPS) is 11.0. The summed E-state index contributed by atoms with van der Waals surface area (Å²) in [6.07, 6.45) is 1.60. The Morgan fingerprint density at radius 1 is 0.909 bits per heavy atom. The van der Waals surface area contributed by atoms with Gasteiger partial charge < -0.3 is 35.6 Å². The van der Waals surface area contributed by atoms with Gasteiger partial charge in [0.05, 0.1) is 41.1 Å². The second-order valence-electron chi connectivity index (χ2n) is 9.47. The van der Waals surface area contributed by atoms with Gasteiger partial charge in [0.2, 0.25) is 5.88 Å². The summed E-state index contributed by atoms with van der Waals surface area (Å²) in [6, 6.07) is 15.7. The SMILES string of the molecule is COc1nc(COc2cccc(-c3cccc(NC(=O)c4ccc(CNCCO)cn4)c3Cl)c2Cl)c(Cl)cc1CNCCO. The van der Waals surface area contributed by atoms with Crippen molar-refractivity contribution in [1.29, 1.82) is 0 Å². The average molecular weight is 661 g/mol. The van der Waals surface area contributed by atoms with Gasteiger partial charge in [0.1, 0.15) is 23.7 Å². The van der Waals surface area contributed by atoms with E-state index in [1.165, 1.54) is 7.11 Å². The summed E-state index contributed by atoms with van der Waals surface area (Å²) in [4.78, 5) is 21.7. The topological polar surface area (TPSA) is 138 Å². The molecule has 0 fully saturated rings. The first-order valence-corrected chi connectivity index (χ1v) is 14.8. The van der Waals surface area contributed by atoms with Gasteiger partial charge in [-0.2, -0.15) is 0 Å². The number of halogens is 3. The summed E-state index contributed by atoms with van der Waals surface area (Å²) >= 11 is 20.0. The molecule has 5 N–H and O–H groups in total. The van der Waals surface area contributed by atoms with Crippen LogP contribution >= 0.6 is 34.8 Å². The van der Waals surface area contributed by atoms with E-state index in [-0.39, 0.29) is 25.5 Å². The maximum atomic E-state index is 12.9. The van der Waals surface area contributed by atoms with E-state index < -0.39 is 5.91 Å². The molecule has 1 amide bonds. The Labute approximate surface area is 270 Å². The number of anilines is 1. The van der Waals surface area contributed by atoms with Crippen molar-refractivity contribution in [2.75, 3.05) is 38.7 Å². The predicted molar refractivity (Wildman–Crippen MR) is 172 cm³/mol. The number of benzene rings is 2. The molecule has 232 valence electrons. The molecule has 0 atom stereocenters. The van der Waals surface area contributed by atoms with Gasteiger partial charge in [-0.15, -0.1) is 0 Å². The number of nitrogens with zero attached hydrogens (tertiary/aromatic N) is 2. The van der Waals surface area contributed by atoms with E-state index in [0.29, 0.717) is 75.4 Å². The number of ether oxygens (including phenoxy) is 2. The molecule has 0 aliphatic heterocycles. The quantitative estimate of drug-likeness (QED) is 0.110. The van der Waals surface area contributed by atoms with Crippen LogP contribution in [0.15, 0.2) is 60.8 Å². The third kappa shape index (κ3) is 8.58. The predicted octanol–water partition coefficient (Wildman–Crippen LogP) is 5.11. The molecule has 10 nitrogen and oxygen atoms in total. The number of carbonyl (C=O) groups excluding carboxylic acids is 1. The number of amides is 1. The van der Waals surface area contributed by atoms with Crippen LogP contribution in [0.1, 0.15) is 27.3 Å². The summed E-state index contributed by atoms with van der Waals surface area (Å²) in [5, 5.41) is 27.9. The second-order valence-corrected chi connectivity index (χ2v) is 10.6. The van der Waals surface area contributed by atoms with E-state index >= 15 is 0 Å². The Bertz CT molecular complexity index is 1570. The molecule has 44 heavy (non-hydrogen) atoms. The highest BCUT2D eigenvalue weighted by Gasteiger charge is 2.18. The van der Waals surface area contributed by atoms with Gasteiger partial charge in [0, 0.05) is 49.1 Å². The van der Waals surface area contributed by atoms with E-state index in [1.807, 2.05) is 0 Å². The number of nitrogens with one attached hydrogen (secondary N) is 3. The van der Waals surface area contributed by atoms with Crippen LogP contribution in [0, 0.1) is 0 Å². The Balaban J connectivity index is 1.49. The first-order valence-electron chi connectivity index (χ1n) is 13.7. The van der Waals surface area contributed by atoms with Crippen molar-refractivity contribution >= 4 is 46.4 Å². The minimum atomic E-state index is -0.419. The van der Waals surface area contributed by atoms with Crippen LogP contribution < -0.4 is 25.4 Å². The molecule has 4 rings (SSSR count). The Morgan fingerprint density at radius 3 is 2.30 bits per heavy atom. The lowest BCUT2D eigenvalue weighted by Gasteiger charge is -2.16. The van der Waals surface area contributed by atoms with Crippen LogP contribution in [-0.4, -0.2) is 59.5 Å². The van der Waals surface area contributed by atoms with E-state index in [1.54, 1.807) is 60.8 Å². The number of aliphatic hydroxyl groups is 2. The molecule has 0 aliphatic rings. The zero-order chi connectivity index (χ0) is 31.5. The van der Waals surface area contributed by atoms with Crippen molar-refractivity contribution in [3.05, 3.63) is 98.4 Å². The number of hydrogen-bond donors (Lipinski definition) is 5. The van der Waals surface area contributed by atoms with Crippen molar-refractivity contribution in [1.82, 2.24) is 20.6 Å². The summed E-state index contributed by atoms with van der Waals surface area (Å²) in [7, 11) is 1.52. The van der Waals surface area contributed by atoms with Gasteiger partial charge in [-0.1, -0.05) is 65.1 Å². The zero-order valence-electron chi connectivity index (χ0n) is 23.9. The fourth-order valence-corrected chi connectivity index (χ4v) is 5.01. The zero-order valence-corrected chi connectivity index (χ0v) is 26.1. The molecule has 2 aromatic carbocycles. The van der Waals surface area contributed by atoms with Gasteiger partial charge in [-0.3, -0.25) is 9.78 Å². The summed E-state index contributed by atoms with van der Waals surface area (Å²) in [5.41, 5.74) is 3.90. The molecule has 2 aromatic heterocycles. The minimum Gasteiger partial charge on any atom is -0.486 e. The van der Waals surface area contributed by atoms with Gasteiger partial charge in [-0.25, -0.2) is 4.98 Å². The molecular formula is C31H32Cl3N5O5. The van der Waals surface area contributed by atoms with E-state index in [0.717, 1.165) is 11.1 Å². The first kappa shape index (κ1) is 33.4. The molecule has 4 aromatic rings. The van der Waals surface area contributed by atoms with Crippen molar-refractivity contribution in [3.63, 3.8) is 0 Å². The Kier molecular flexibility index (Phi) is 12.6. The van der Waals surface area contributed by atoms with Crippen LogP contribution in [0.2, 0.25) is 15.1 Å². The number of carbonyl (C=O) groups is 1. The standard InChI is InChI=1S/C31H32Cl3N5O5/c1-43-31-20(17-36-11-13-41)14-23(32)26(39-31)18-44-27-7-3-5-22(29(27)34)21-4-2-6-24(28(21)33)38-30(42)25-9-8-19(16-37-25)15-35-10-12-40/h2-9,14,16,35-36,40-41H,10-13,15,17-18H2,1H3,(H,38,42). The highest BCUT2D eigenvalue weighted by Crippen LogP contribution is 2.41. The van der Waals surface area contributed by atoms with Gasteiger partial charge in [-0.05, 0) is 29.8 Å². The fraction of sp³-hybridized carbons (Fsp3) is 0.258. The molecule has 0 spiro atoms. The maximum absolute atomic E-state index is 12.9. The molecule has 0 bridgehead atoms. The largest absolute Gasteiger partial charge is 0.486 e. The average Bonchev–Trinajstić information content (AvgIpc) is 3.03. The van der Waals surface area contributed by atoms with Gasteiger partial charge >= 0.3 is 0 Å². The van der Waals surface area contributed by atoms with Crippen molar-refractivity contribution in [2.45, 2.75) is 19.7 Å². The van der Waals surface area contributed by atoms with Crippen molar-refractivity contribution in [3.8, 4) is 22.8 Å². The molecular weight excluding hydrogens is 629 g/mol. The minimum absolute atomic E-state index is 0.0112. The van der Waals surface area contributed by atoms with E-state index in [2.05, 4.69) is 25.9 Å². The van der Waals surface area contributed by atoms with Crippen LogP contribution in [0.3, 0.4) is 0 Å². The smallest absolute Gasteiger partial charge is 0.274 e. The summed E-state index contributed by atoms with van der Waals surface area (Å²) in [5.74, 6) is 0.361. The second kappa shape index (κ2) is 16.6. The summed E-state index contributed by atoms with van der Waals surface area (Å²) in [6.45, 7) is 1.93. The lowest BCUT2D eigenvalue weighted by molar-refractivity contribution is 0.102. The monoisotopic (exact) mass is 659 g/mol. The molecule has 0 radical (unpaired) electrons. The highest BCUT2D eigenvalue weighted by atomic mass is 35.5. The van der Waals surface area contributed by atoms with Gasteiger partial charge in [0.15, 0.2) is 0 Å². The molecule has 0 aliphatic carbocycles. The molecule has 0 saturated heterocycles. The number of methoxy groups -OCH3 is 1. The van der Waals surface area contributed by atoms with Crippen molar-refractivity contribution < 1.29 is 24.5 Å². The number of aromatic nitrogens is 2. The van der Waals surface area contributed by atoms with E-state index in [9.17, 15) is 4.79 Å². The Morgan fingerprint density at radius 2 is 1.61 bits per heavy atom. The molecule has 13 heteroatoms. The third-order valence-electron chi connectivity index (χ3n) is 6.43. The van der Waals surface area contributed by atoms with Crippen LogP contribution in [0.4, 0.5) is 5.69 Å². The van der Waals surface area contributed by atoms with Crippen LogP contribution in [0.5, 0.6) is 11.6 Å². The first-order chi connectivity index (χ1) is 21.4. The van der Waals surface area contributed by atoms with E-state index in [4.69, 9.17) is 54.5 Å². The Hall–Kier alpha value is -3.48. The number of pyridine rings is 2. The van der Waals surface area contributed by atoms with Crippen LogP contribution in [0.25, 0.3) is 11.1 Å². The third-order valence-corrected chi connectivity index (χ3v) is 7.55. The fourth-order valence-electron chi connectivity index (χ4n) is 4.23.